The topological polar surface area (TPSA) is 87.0 Å². The molecular formula is C5H11NaO5. The molecule has 0 unspecified atom stereocenters. The molecule has 62 valence electrons. The second kappa shape index (κ2) is 8.45. The Hall–Kier alpha value is 0.350. The van der Waals surface area contributed by atoms with Crippen molar-refractivity contribution >= 4 is 35.5 Å². The van der Waals surface area contributed by atoms with E-state index in [1.54, 1.807) is 0 Å². The summed E-state index contributed by atoms with van der Waals surface area (Å²) < 4.78 is 4.08. The van der Waals surface area contributed by atoms with E-state index in [-0.39, 0.29) is 29.6 Å². The van der Waals surface area contributed by atoms with Crippen molar-refractivity contribution in [3.63, 3.8) is 0 Å². The summed E-state index contributed by atoms with van der Waals surface area (Å²) in [4.78, 5) is 10.5. The third-order valence-corrected chi connectivity index (χ3v) is 0.981. The zero-order valence-corrected chi connectivity index (χ0v) is 5.36. The van der Waals surface area contributed by atoms with Gasteiger partial charge in [0.25, 0.3) is 0 Å². The predicted molar refractivity (Wildman–Crippen MR) is 38.0 cm³/mol. The van der Waals surface area contributed by atoms with Crippen molar-refractivity contribution in [2.24, 2.45) is 5.92 Å². The van der Waals surface area contributed by atoms with Crippen molar-refractivity contribution in [1.82, 2.24) is 0 Å². The Morgan fingerprint density at radius 3 is 2.00 bits per heavy atom. The van der Waals surface area contributed by atoms with Gasteiger partial charge in [0.1, 0.15) is 5.92 Å². The van der Waals surface area contributed by atoms with Crippen LogP contribution in [0.25, 0.3) is 0 Å². The number of carbonyl (C=O) groups excluding carboxylic acids is 1. The standard InChI is InChI=1S/C5H10O5.Na.H/c6-1-4(2-7)5(9)10-3-8;;/h4,6-8H,1-3H2;;. The molecule has 6 heteroatoms. The zero-order chi connectivity index (χ0) is 7.98. The van der Waals surface area contributed by atoms with Crippen LogP contribution >= 0.6 is 0 Å². The Balaban J connectivity index is 0. The molecular weight excluding hydrogens is 163 g/mol. The van der Waals surface area contributed by atoms with E-state index < -0.39 is 31.9 Å². The van der Waals surface area contributed by atoms with E-state index >= 15 is 0 Å². The van der Waals surface area contributed by atoms with Crippen LogP contribution < -0.4 is 0 Å². The molecule has 0 aliphatic carbocycles. The van der Waals surface area contributed by atoms with Gasteiger partial charge in [0.15, 0.2) is 6.79 Å². The Kier molecular flexibility index (Phi) is 10.7. The fourth-order valence-corrected chi connectivity index (χ4v) is 0.388. The van der Waals surface area contributed by atoms with Crippen LogP contribution in [0.1, 0.15) is 0 Å². The Morgan fingerprint density at radius 2 is 1.73 bits per heavy atom. The normalized spacial score (nSPS) is 9.09. The summed E-state index contributed by atoms with van der Waals surface area (Å²) >= 11 is 0. The Bertz CT molecular complexity index is 103. The maximum atomic E-state index is 10.5. The molecule has 0 aliphatic heterocycles. The number of rotatable bonds is 4. The van der Waals surface area contributed by atoms with Gasteiger partial charge in [-0.25, -0.2) is 0 Å². The second-order valence-corrected chi connectivity index (χ2v) is 1.65. The average Bonchev–Trinajstić information content (AvgIpc) is 1.91. The molecule has 3 N–H and O–H groups in total. The molecule has 0 heterocycles. The number of carbonyl (C=O) groups is 1. The first-order valence-corrected chi connectivity index (χ1v) is 2.75. The Morgan fingerprint density at radius 1 is 1.27 bits per heavy atom. The van der Waals surface area contributed by atoms with Crippen molar-refractivity contribution in [1.29, 1.82) is 0 Å². The first-order valence-electron chi connectivity index (χ1n) is 2.75. The van der Waals surface area contributed by atoms with Crippen molar-refractivity contribution in [2.75, 3.05) is 20.0 Å². The van der Waals surface area contributed by atoms with Gasteiger partial charge in [-0.05, 0) is 0 Å². The monoisotopic (exact) mass is 174 g/mol. The minimum atomic E-state index is -0.938. The van der Waals surface area contributed by atoms with E-state index in [1.807, 2.05) is 0 Å². The zero-order valence-electron chi connectivity index (χ0n) is 5.36. The third-order valence-electron chi connectivity index (χ3n) is 0.981. The summed E-state index contributed by atoms with van der Waals surface area (Å²) in [5, 5.41) is 24.8. The van der Waals surface area contributed by atoms with Crippen LogP contribution in [0, 0.1) is 5.92 Å². The summed E-state index contributed by atoms with van der Waals surface area (Å²) in [6, 6.07) is 0. The van der Waals surface area contributed by atoms with E-state index in [0.717, 1.165) is 0 Å². The van der Waals surface area contributed by atoms with Crippen molar-refractivity contribution < 1.29 is 24.9 Å². The van der Waals surface area contributed by atoms with Gasteiger partial charge in [-0.2, -0.15) is 0 Å². The number of esters is 1. The van der Waals surface area contributed by atoms with Gasteiger partial charge in [0.05, 0.1) is 13.2 Å². The van der Waals surface area contributed by atoms with Crippen LogP contribution in [-0.4, -0.2) is 70.9 Å². The number of hydrogen-bond acceptors (Lipinski definition) is 5. The molecule has 0 aromatic rings. The van der Waals surface area contributed by atoms with Crippen LogP contribution in [0.5, 0.6) is 0 Å². The second-order valence-electron chi connectivity index (χ2n) is 1.65. The van der Waals surface area contributed by atoms with E-state index in [9.17, 15) is 4.79 Å². The number of hydrogen-bond donors (Lipinski definition) is 3. The molecule has 0 saturated heterocycles. The van der Waals surface area contributed by atoms with Gasteiger partial charge >= 0.3 is 35.5 Å². The molecule has 0 aromatic heterocycles. The molecule has 0 amide bonds. The van der Waals surface area contributed by atoms with Crippen molar-refractivity contribution in [2.45, 2.75) is 0 Å². The molecule has 0 spiro atoms. The quantitative estimate of drug-likeness (QED) is 0.248. The first kappa shape index (κ1) is 13.9. The summed E-state index contributed by atoms with van der Waals surface area (Å²) in [6.45, 7) is -1.68. The molecule has 0 fully saturated rings. The number of ether oxygens (including phenoxy) is 1. The molecule has 0 radical (unpaired) electrons. The van der Waals surface area contributed by atoms with E-state index in [1.165, 1.54) is 0 Å². The van der Waals surface area contributed by atoms with Gasteiger partial charge < -0.3 is 20.1 Å². The molecule has 0 rings (SSSR count). The van der Waals surface area contributed by atoms with Crippen LogP contribution in [0.15, 0.2) is 0 Å². The first-order chi connectivity index (χ1) is 4.76. The number of aliphatic hydroxyl groups is 3. The van der Waals surface area contributed by atoms with Gasteiger partial charge in [-0.15, -0.1) is 0 Å². The van der Waals surface area contributed by atoms with Crippen LogP contribution in [0.2, 0.25) is 0 Å². The molecule has 5 nitrogen and oxygen atoms in total. The fourth-order valence-electron chi connectivity index (χ4n) is 0.388. The summed E-state index contributed by atoms with van der Waals surface area (Å²) in [7, 11) is 0. The maximum absolute atomic E-state index is 10.5. The summed E-state index contributed by atoms with van der Waals surface area (Å²) in [5.74, 6) is -1.74. The van der Waals surface area contributed by atoms with Crippen LogP contribution in [0.4, 0.5) is 0 Å². The van der Waals surface area contributed by atoms with Gasteiger partial charge in [-0.3, -0.25) is 4.79 Å². The summed E-state index contributed by atoms with van der Waals surface area (Å²) in [5.41, 5.74) is 0. The summed E-state index contributed by atoms with van der Waals surface area (Å²) in [6.07, 6.45) is 0. The van der Waals surface area contributed by atoms with Gasteiger partial charge in [0, 0.05) is 0 Å². The third kappa shape index (κ3) is 5.60. The van der Waals surface area contributed by atoms with E-state index in [2.05, 4.69) is 4.74 Å². The van der Waals surface area contributed by atoms with Crippen LogP contribution in [-0.2, 0) is 9.53 Å². The molecule has 0 atom stereocenters. The predicted octanol–water partition coefficient (Wildman–Crippen LogP) is -2.57. The van der Waals surface area contributed by atoms with E-state index in [4.69, 9.17) is 15.3 Å². The molecule has 0 aliphatic rings. The molecule has 11 heavy (non-hydrogen) atoms. The van der Waals surface area contributed by atoms with Crippen molar-refractivity contribution in [3.8, 4) is 0 Å². The van der Waals surface area contributed by atoms with E-state index in [0.29, 0.717) is 0 Å². The molecule has 0 aromatic carbocycles. The number of aliphatic hydroxyl groups excluding tert-OH is 3. The van der Waals surface area contributed by atoms with Crippen molar-refractivity contribution in [3.05, 3.63) is 0 Å². The SMILES string of the molecule is O=C(OCO)C(CO)CO.[NaH]. The average molecular weight is 174 g/mol. The minimum absolute atomic E-state index is 0. The fraction of sp³-hybridized carbons (Fsp3) is 0.800. The van der Waals surface area contributed by atoms with Gasteiger partial charge in [0.2, 0.25) is 0 Å². The molecule has 0 bridgehead atoms. The van der Waals surface area contributed by atoms with Gasteiger partial charge in [-0.1, -0.05) is 0 Å². The van der Waals surface area contributed by atoms with Crippen LogP contribution in [0.3, 0.4) is 0 Å². The molecule has 0 saturated carbocycles. The Labute approximate surface area is 86.3 Å².